The Hall–Kier alpha value is -1.66. The third-order valence-electron chi connectivity index (χ3n) is 8.52. The first-order valence-corrected chi connectivity index (χ1v) is 13.0. The molecule has 4 bridgehead atoms. The molecule has 1 aliphatic heterocycles. The molecule has 170 valence electrons. The molecular weight excluding hydrogens is 464 g/mol. The number of rotatable bonds is 6. The summed E-state index contributed by atoms with van der Waals surface area (Å²) in [6.07, 6.45) is 11.5. The number of fused-ring (bicyclic) bond motifs is 1. The number of nitrogens with one attached hydrogen (secondary N) is 1. The third-order valence-corrected chi connectivity index (χ3v) is 9.01. The van der Waals surface area contributed by atoms with Crippen molar-refractivity contribution in [3.63, 3.8) is 0 Å². The average Bonchev–Trinajstić information content (AvgIpc) is 2.77. The molecule has 0 unspecified atom stereocenters. The molecule has 5 aliphatic rings. The highest BCUT2D eigenvalue weighted by molar-refractivity contribution is 9.10. The molecule has 4 saturated carbocycles. The monoisotopic (exact) mass is 496 g/mol. The Bertz CT molecular complexity index is 974. The molecule has 0 amide bonds. The Kier molecular flexibility index (Phi) is 5.41. The standard InChI is InChI=1S/C26H33BrN4O/c1-32-24-3-2-21(27)9-20(24)13-31-5-4-22-23(14-31)29-16-30-25(22)28-15-26-10-17-6-18(11-26)8-19(7-17)12-26/h2-3,9,16-19H,4-8,10-15H2,1H3,(H,28,29,30). The van der Waals surface area contributed by atoms with Crippen LogP contribution in [0.15, 0.2) is 29.0 Å². The number of nitrogens with zero attached hydrogens (tertiary/aromatic N) is 3. The summed E-state index contributed by atoms with van der Waals surface area (Å²) < 4.78 is 6.67. The molecule has 0 radical (unpaired) electrons. The highest BCUT2D eigenvalue weighted by Crippen LogP contribution is 2.59. The first-order valence-electron chi connectivity index (χ1n) is 12.2. The summed E-state index contributed by atoms with van der Waals surface area (Å²) in [6.45, 7) is 3.84. The Morgan fingerprint density at radius 2 is 1.88 bits per heavy atom. The molecule has 1 aromatic heterocycles. The summed E-state index contributed by atoms with van der Waals surface area (Å²) in [4.78, 5) is 11.8. The predicted molar refractivity (Wildman–Crippen MR) is 130 cm³/mol. The van der Waals surface area contributed by atoms with Crippen molar-refractivity contribution in [2.45, 2.75) is 58.0 Å². The topological polar surface area (TPSA) is 50.3 Å². The molecule has 0 atom stereocenters. The van der Waals surface area contributed by atoms with Gasteiger partial charge in [-0.1, -0.05) is 15.9 Å². The highest BCUT2D eigenvalue weighted by atomic mass is 79.9. The molecule has 0 saturated heterocycles. The summed E-state index contributed by atoms with van der Waals surface area (Å²) in [5, 5.41) is 3.82. The van der Waals surface area contributed by atoms with Gasteiger partial charge < -0.3 is 10.1 Å². The van der Waals surface area contributed by atoms with Crippen molar-refractivity contribution in [3.8, 4) is 5.75 Å². The van der Waals surface area contributed by atoms with E-state index in [4.69, 9.17) is 9.72 Å². The van der Waals surface area contributed by atoms with Crippen LogP contribution in [-0.4, -0.2) is 35.1 Å². The van der Waals surface area contributed by atoms with E-state index in [9.17, 15) is 0 Å². The molecule has 7 rings (SSSR count). The normalized spacial score (nSPS) is 30.9. The maximum atomic E-state index is 5.58. The summed E-state index contributed by atoms with van der Waals surface area (Å²) in [5.41, 5.74) is 4.23. The van der Waals surface area contributed by atoms with Gasteiger partial charge in [-0.25, -0.2) is 9.97 Å². The van der Waals surface area contributed by atoms with Gasteiger partial charge in [0, 0.05) is 41.8 Å². The zero-order valence-corrected chi connectivity index (χ0v) is 20.5. The fourth-order valence-electron chi connectivity index (χ4n) is 7.59. The van der Waals surface area contributed by atoms with Gasteiger partial charge in [0.25, 0.3) is 0 Å². The van der Waals surface area contributed by atoms with Crippen LogP contribution in [-0.2, 0) is 19.5 Å². The Morgan fingerprint density at radius 3 is 2.59 bits per heavy atom. The number of hydrogen-bond acceptors (Lipinski definition) is 5. The van der Waals surface area contributed by atoms with Crippen molar-refractivity contribution in [3.05, 3.63) is 45.8 Å². The van der Waals surface area contributed by atoms with Gasteiger partial charge in [0.1, 0.15) is 17.9 Å². The van der Waals surface area contributed by atoms with E-state index >= 15 is 0 Å². The fourth-order valence-corrected chi connectivity index (χ4v) is 7.99. The van der Waals surface area contributed by atoms with Gasteiger partial charge in [-0.15, -0.1) is 0 Å². The van der Waals surface area contributed by atoms with Crippen LogP contribution in [0.4, 0.5) is 5.82 Å². The van der Waals surface area contributed by atoms with Crippen molar-refractivity contribution < 1.29 is 4.74 Å². The largest absolute Gasteiger partial charge is 0.496 e. The number of aromatic nitrogens is 2. The number of anilines is 1. The van der Waals surface area contributed by atoms with Gasteiger partial charge in [-0.05, 0) is 86.3 Å². The van der Waals surface area contributed by atoms with E-state index in [1.165, 1.54) is 55.3 Å². The zero-order valence-electron chi connectivity index (χ0n) is 18.9. The lowest BCUT2D eigenvalue weighted by molar-refractivity contribution is -0.0444. The van der Waals surface area contributed by atoms with Gasteiger partial charge in [-0.3, -0.25) is 4.90 Å². The maximum Gasteiger partial charge on any atom is 0.132 e. The molecule has 5 nitrogen and oxygen atoms in total. The van der Waals surface area contributed by atoms with E-state index in [1.807, 2.05) is 12.1 Å². The molecular formula is C26H33BrN4O. The Labute approximate surface area is 199 Å². The second-order valence-electron chi connectivity index (χ2n) is 10.8. The Morgan fingerprint density at radius 1 is 1.12 bits per heavy atom. The van der Waals surface area contributed by atoms with Gasteiger partial charge in [-0.2, -0.15) is 0 Å². The average molecular weight is 497 g/mol. The lowest BCUT2D eigenvalue weighted by atomic mass is 9.49. The number of hydrogen-bond donors (Lipinski definition) is 1. The first-order chi connectivity index (χ1) is 15.6. The third kappa shape index (κ3) is 3.94. The molecule has 1 aromatic carbocycles. The van der Waals surface area contributed by atoms with Crippen LogP contribution < -0.4 is 10.1 Å². The molecule has 6 heteroatoms. The van der Waals surface area contributed by atoms with Gasteiger partial charge in [0.2, 0.25) is 0 Å². The zero-order chi connectivity index (χ0) is 21.7. The van der Waals surface area contributed by atoms with E-state index < -0.39 is 0 Å². The minimum atomic E-state index is 0.518. The van der Waals surface area contributed by atoms with Crippen molar-refractivity contribution in [1.82, 2.24) is 14.9 Å². The van der Waals surface area contributed by atoms with Crippen molar-refractivity contribution in [2.75, 3.05) is 25.5 Å². The quantitative estimate of drug-likeness (QED) is 0.577. The van der Waals surface area contributed by atoms with Gasteiger partial charge in [0.05, 0.1) is 12.8 Å². The van der Waals surface area contributed by atoms with E-state index in [-0.39, 0.29) is 0 Å². The number of methoxy groups -OCH3 is 1. The number of benzene rings is 1. The summed E-state index contributed by atoms with van der Waals surface area (Å²) in [6, 6.07) is 6.22. The molecule has 0 spiro atoms. The first kappa shape index (κ1) is 20.9. The maximum absolute atomic E-state index is 5.58. The van der Waals surface area contributed by atoms with E-state index in [0.717, 1.165) is 66.4 Å². The minimum Gasteiger partial charge on any atom is -0.496 e. The van der Waals surface area contributed by atoms with Crippen LogP contribution in [0.25, 0.3) is 0 Å². The fraction of sp³-hybridized carbons (Fsp3) is 0.615. The van der Waals surface area contributed by atoms with Crippen LogP contribution in [0.3, 0.4) is 0 Å². The van der Waals surface area contributed by atoms with Gasteiger partial charge in [0.15, 0.2) is 0 Å². The second-order valence-corrected chi connectivity index (χ2v) is 11.8. The summed E-state index contributed by atoms with van der Waals surface area (Å²) in [7, 11) is 1.74. The van der Waals surface area contributed by atoms with Gasteiger partial charge >= 0.3 is 0 Å². The van der Waals surface area contributed by atoms with E-state index in [1.54, 1.807) is 13.4 Å². The molecule has 1 N–H and O–H groups in total. The lowest BCUT2D eigenvalue weighted by Crippen LogP contribution is -2.49. The van der Waals surface area contributed by atoms with Crippen molar-refractivity contribution in [2.24, 2.45) is 23.2 Å². The van der Waals surface area contributed by atoms with Crippen LogP contribution in [0, 0.1) is 23.2 Å². The lowest BCUT2D eigenvalue weighted by Gasteiger charge is -2.57. The highest BCUT2D eigenvalue weighted by Gasteiger charge is 2.50. The smallest absolute Gasteiger partial charge is 0.132 e. The van der Waals surface area contributed by atoms with Crippen LogP contribution >= 0.6 is 15.9 Å². The van der Waals surface area contributed by atoms with Crippen LogP contribution in [0.5, 0.6) is 5.75 Å². The predicted octanol–water partition coefficient (Wildman–Crippen LogP) is 5.43. The SMILES string of the molecule is COc1ccc(Br)cc1CN1CCc2c(ncnc2NCC23CC4CC(CC(C4)C2)C3)C1. The Balaban J connectivity index is 1.15. The molecule has 32 heavy (non-hydrogen) atoms. The van der Waals surface area contributed by atoms with Crippen molar-refractivity contribution >= 4 is 21.7 Å². The van der Waals surface area contributed by atoms with E-state index in [2.05, 4.69) is 37.2 Å². The molecule has 4 aliphatic carbocycles. The molecule has 2 heterocycles. The number of halogens is 1. The second kappa shape index (κ2) is 8.28. The summed E-state index contributed by atoms with van der Waals surface area (Å²) in [5.74, 6) is 5.01. The number of ether oxygens (including phenoxy) is 1. The molecule has 2 aromatic rings. The minimum absolute atomic E-state index is 0.518. The molecule has 4 fully saturated rings. The van der Waals surface area contributed by atoms with Crippen LogP contribution in [0.1, 0.15) is 55.3 Å². The van der Waals surface area contributed by atoms with Crippen molar-refractivity contribution in [1.29, 1.82) is 0 Å². The van der Waals surface area contributed by atoms with Crippen LogP contribution in [0.2, 0.25) is 0 Å². The van der Waals surface area contributed by atoms with E-state index in [0.29, 0.717) is 5.41 Å². The summed E-state index contributed by atoms with van der Waals surface area (Å²) >= 11 is 3.60.